The molecule has 0 atom stereocenters. The van der Waals surface area contributed by atoms with E-state index in [1.54, 1.807) is 0 Å². The molecule has 0 saturated carbocycles. The highest BCUT2D eigenvalue weighted by Crippen LogP contribution is 2.46. The quantitative estimate of drug-likeness (QED) is 0.139. The van der Waals surface area contributed by atoms with Gasteiger partial charge in [0, 0.05) is 43.6 Å². The zero-order valence-corrected chi connectivity index (χ0v) is 26.1. The molecule has 11 aromatic rings. The second-order valence-electron chi connectivity index (χ2n) is 12.9. The van der Waals surface area contributed by atoms with Gasteiger partial charge in [-0.1, -0.05) is 140 Å². The van der Waals surface area contributed by atoms with Crippen molar-refractivity contribution in [2.45, 2.75) is 0 Å². The molecule has 0 fully saturated rings. The molecule has 0 amide bonds. The summed E-state index contributed by atoms with van der Waals surface area (Å²) in [4.78, 5) is 0. The largest absolute Gasteiger partial charge is 0.309 e. The summed E-state index contributed by atoms with van der Waals surface area (Å²) in [5, 5.41) is 10.3. The highest BCUT2D eigenvalue weighted by Gasteiger charge is 2.23. The standard InChI is InChI=1S/C46H28N2/c1-3-12-29(13-4-1)31-25-27-39-42(28-31)47(32-15-5-2-6-16-32)41-23-11-19-35(44(39)41)36-20-10-21-37-38-26-24-30-14-9-18-34-33-17-7-8-22-40(33)48(45(36)37)46(38)43(30)34/h1-28H. The van der Waals surface area contributed by atoms with Crippen LogP contribution in [0.25, 0.3) is 98.6 Å². The van der Waals surface area contributed by atoms with Gasteiger partial charge in [-0.05, 0) is 57.8 Å². The van der Waals surface area contributed by atoms with E-state index < -0.39 is 0 Å². The fourth-order valence-electron chi connectivity index (χ4n) is 8.46. The minimum absolute atomic E-state index is 1.16. The number of aromatic nitrogens is 2. The number of hydrogen-bond acceptors (Lipinski definition) is 0. The summed E-state index contributed by atoms with van der Waals surface area (Å²) in [6, 6.07) is 62.4. The van der Waals surface area contributed by atoms with Crippen molar-refractivity contribution in [3.05, 3.63) is 170 Å². The van der Waals surface area contributed by atoms with Crippen molar-refractivity contribution in [3.63, 3.8) is 0 Å². The van der Waals surface area contributed by atoms with E-state index in [0.717, 1.165) is 5.69 Å². The van der Waals surface area contributed by atoms with Crippen LogP contribution in [-0.2, 0) is 0 Å². The zero-order chi connectivity index (χ0) is 31.3. The summed E-state index contributed by atoms with van der Waals surface area (Å²) in [5.41, 5.74) is 12.3. The maximum atomic E-state index is 2.55. The van der Waals surface area contributed by atoms with E-state index in [4.69, 9.17) is 0 Å². The summed E-state index contributed by atoms with van der Waals surface area (Å²) in [5.74, 6) is 0. The number of para-hydroxylation sites is 3. The van der Waals surface area contributed by atoms with Gasteiger partial charge in [-0.2, -0.15) is 0 Å². The second-order valence-corrected chi connectivity index (χ2v) is 12.9. The van der Waals surface area contributed by atoms with Crippen molar-refractivity contribution in [3.8, 4) is 27.9 Å². The smallest absolute Gasteiger partial charge is 0.0626 e. The second kappa shape index (κ2) is 9.57. The Morgan fingerprint density at radius 3 is 1.90 bits per heavy atom. The molecule has 2 nitrogen and oxygen atoms in total. The van der Waals surface area contributed by atoms with E-state index in [-0.39, 0.29) is 0 Å². The van der Waals surface area contributed by atoms with Crippen LogP contribution in [-0.4, -0.2) is 8.97 Å². The Labute approximate surface area is 276 Å². The van der Waals surface area contributed by atoms with E-state index >= 15 is 0 Å². The lowest BCUT2D eigenvalue weighted by Gasteiger charge is -2.14. The normalized spacial score (nSPS) is 12.2. The van der Waals surface area contributed by atoms with Gasteiger partial charge in [0.1, 0.15) is 0 Å². The zero-order valence-electron chi connectivity index (χ0n) is 26.1. The first-order chi connectivity index (χ1) is 23.8. The molecule has 0 radical (unpaired) electrons. The molecule has 0 bridgehead atoms. The van der Waals surface area contributed by atoms with Gasteiger partial charge in [-0.15, -0.1) is 0 Å². The van der Waals surface area contributed by atoms with Crippen LogP contribution in [0, 0.1) is 0 Å². The van der Waals surface area contributed by atoms with Gasteiger partial charge in [0.25, 0.3) is 0 Å². The summed E-state index contributed by atoms with van der Waals surface area (Å²) < 4.78 is 4.99. The average Bonchev–Trinajstić information content (AvgIpc) is 3.69. The van der Waals surface area contributed by atoms with E-state index in [1.807, 2.05) is 0 Å². The topological polar surface area (TPSA) is 9.34 Å². The molecule has 0 aliphatic rings. The number of fused-ring (bicyclic) bond motifs is 9. The van der Waals surface area contributed by atoms with Gasteiger partial charge in [-0.25, -0.2) is 0 Å². The van der Waals surface area contributed by atoms with Gasteiger partial charge < -0.3 is 8.97 Å². The van der Waals surface area contributed by atoms with Gasteiger partial charge >= 0.3 is 0 Å². The number of rotatable bonds is 3. The predicted octanol–water partition coefficient (Wildman–Crippen LogP) is 12.4. The minimum atomic E-state index is 1.16. The van der Waals surface area contributed by atoms with Crippen LogP contribution < -0.4 is 0 Å². The van der Waals surface area contributed by atoms with Crippen molar-refractivity contribution >= 4 is 70.7 Å². The van der Waals surface area contributed by atoms with Gasteiger partial charge in [0.05, 0.1) is 27.6 Å². The predicted molar refractivity (Wildman–Crippen MR) is 204 cm³/mol. The molecule has 0 aliphatic carbocycles. The first-order valence-electron chi connectivity index (χ1n) is 16.6. The van der Waals surface area contributed by atoms with Gasteiger partial charge in [0.15, 0.2) is 0 Å². The Balaban J connectivity index is 1.32. The van der Waals surface area contributed by atoms with E-state index in [2.05, 4.69) is 179 Å². The summed E-state index contributed by atoms with van der Waals surface area (Å²) in [6.45, 7) is 0. The highest BCUT2D eigenvalue weighted by atomic mass is 15.0. The number of benzene rings is 8. The fourth-order valence-corrected chi connectivity index (χ4v) is 8.46. The molecule has 0 spiro atoms. The monoisotopic (exact) mass is 608 g/mol. The molecule has 11 rings (SSSR count). The molecule has 2 heteroatoms. The fraction of sp³-hybridized carbons (Fsp3) is 0. The van der Waals surface area contributed by atoms with E-state index in [9.17, 15) is 0 Å². The Bertz CT molecular complexity index is 3040. The molecule has 3 aromatic heterocycles. The van der Waals surface area contributed by atoms with Crippen molar-refractivity contribution in [1.29, 1.82) is 0 Å². The van der Waals surface area contributed by atoms with Crippen molar-refractivity contribution in [2.75, 3.05) is 0 Å². The van der Waals surface area contributed by atoms with Crippen LogP contribution >= 0.6 is 0 Å². The van der Waals surface area contributed by atoms with Crippen LogP contribution in [0.4, 0.5) is 0 Å². The molecule has 0 unspecified atom stereocenters. The molecule has 48 heavy (non-hydrogen) atoms. The first kappa shape index (κ1) is 25.8. The molecule has 3 heterocycles. The summed E-state index contributed by atoms with van der Waals surface area (Å²) in [7, 11) is 0. The molecule has 222 valence electrons. The van der Waals surface area contributed by atoms with Crippen LogP contribution in [0.15, 0.2) is 170 Å². The third kappa shape index (κ3) is 3.36. The van der Waals surface area contributed by atoms with Crippen LogP contribution in [0.3, 0.4) is 0 Å². The minimum Gasteiger partial charge on any atom is -0.309 e. The summed E-state index contributed by atoms with van der Waals surface area (Å²) in [6.07, 6.45) is 0. The molecular formula is C46H28N2. The molecule has 0 N–H and O–H groups in total. The Morgan fingerprint density at radius 1 is 0.333 bits per heavy atom. The molecular weight excluding hydrogens is 581 g/mol. The van der Waals surface area contributed by atoms with E-state index in [0.29, 0.717) is 0 Å². The van der Waals surface area contributed by atoms with Crippen LogP contribution in [0.5, 0.6) is 0 Å². The maximum absolute atomic E-state index is 2.55. The average molecular weight is 609 g/mol. The van der Waals surface area contributed by atoms with Gasteiger partial charge in [-0.3, -0.25) is 0 Å². The third-order valence-corrected chi connectivity index (χ3v) is 10.4. The van der Waals surface area contributed by atoms with E-state index in [1.165, 1.54) is 92.9 Å². The SMILES string of the molecule is c1ccc(-c2ccc3c4c(-c5cccc6c7ccc8cccc9c%10ccccc%10n(c56)c7c89)cccc4n(-c4ccccc4)c3c2)cc1. The lowest BCUT2D eigenvalue weighted by atomic mass is 9.96. The van der Waals surface area contributed by atoms with Crippen LogP contribution in [0.1, 0.15) is 0 Å². The third-order valence-electron chi connectivity index (χ3n) is 10.4. The lowest BCUT2D eigenvalue weighted by molar-refractivity contribution is 1.18. The Morgan fingerprint density at radius 2 is 1.00 bits per heavy atom. The molecule has 8 aromatic carbocycles. The Kier molecular flexibility index (Phi) is 5.14. The van der Waals surface area contributed by atoms with Gasteiger partial charge in [0.2, 0.25) is 0 Å². The Hall–Kier alpha value is -6.38. The van der Waals surface area contributed by atoms with Crippen LogP contribution in [0.2, 0.25) is 0 Å². The number of pyridine rings is 1. The highest BCUT2D eigenvalue weighted by molar-refractivity contribution is 6.30. The maximum Gasteiger partial charge on any atom is 0.0626 e. The number of nitrogens with zero attached hydrogens (tertiary/aromatic N) is 2. The van der Waals surface area contributed by atoms with Crippen molar-refractivity contribution < 1.29 is 0 Å². The number of hydrogen-bond donors (Lipinski definition) is 0. The molecule has 0 saturated heterocycles. The lowest BCUT2D eigenvalue weighted by Crippen LogP contribution is -1.94. The van der Waals surface area contributed by atoms with Crippen molar-refractivity contribution in [2.24, 2.45) is 0 Å². The first-order valence-corrected chi connectivity index (χ1v) is 16.6. The van der Waals surface area contributed by atoms with Crippen molar-refractivity contribution in [1.82, 2.24) is 8.97 Å². The summed E-state index contributed by atoms with van der Waals surface area (Å²) >= 11 is 0. The molecule has 0 aliphatic heterocycles.